The molecule has 1 aromatic heterocycles. The Bertz CT molecular complexity index is 288. The Hall–Kier alpha value is -1.26. The van der Waals surface area contributed by atoms with Gasteiger partial charge in [-0.15, -0.1) is 0 Å². The molecular formula is C9H11N3O. The van der Waals surface area contributed by atoms with E-state index in [2.05, 4.69) is 15.6 Å². The van der Waals surface area contributed by atoms with Crippen molar-refractivity contribution in [2.45, 2.75) is 12.2 Å². The summed E-state index contributed by atoms with van der Waals surface area (Å²) in [5.41, 5.74) is 1.11. The van der Waals surface area contributed by atoms with Crippen molar-refractivity contribution in [3.63, 3.8) is 0 Å². The highest BCUT2D eigenvalue weighted by molar-refractivity contribution is 5.58. The van der Waals surface area contributed by atoms with Gasteiger partial charge in [-0.1, -0.05) is 0 Å². The molecule has 68 valence electrons. The first-order chi connectivity index (χ1) is 6.40. The molecule has 1 aliphatic heterocycles. The van der Waals surface area contributed by atoms with Gasteiger partial charge in [-0.25, -0.2) is 0 Å². The van der Waals surface area contributed by atoms with Crippen molar-refractivity contribution in [3.05, 3.63) is 30.1 Å². The highest BCUT2D eigenvalue weighted by Crippen LogP contribution is 2.12. The van der Waals surface area contributed by atoms with E-state index in [1.54, 1.807) is 12.4 Å². The summed E-state index contributed by atoms with van der Waals surface area (Å²) in [5.74, 6) is 0. The molecular weight excluding hydrogens is 166 g/mol. The summed E-state index contributed by atoms with van der Waals surface area (Å²) in [6.07, 6.45) is 4.49. The lowest BCUT2D eigenvalue weighted by Gasteiger charge is -2.10. The van der Waals surface area contributed by atoms with E-state index >= 15 is 0 Å². The topological polar surface area (TPSA) is 54.0 Å². The lowest BCUT2D eigenvalue weighted by atomic mass is 10.2. The van der Waals surface area contributed by atoms with Gasteiger partial charge < -0.3 is 4.79 Å². The number of hydrogen-bond donors (Lipinski definition) is 2. The highest BCUT2D eigenvalue weighted by Gasteiger charge is 2.22. The monoisotopic (exact) mass is 177 g/mol. The third-order valence-corrected chi connectivity index (χ3v) is 2.13. The van der Waals surface area contributed by atoms with Gasteiger partial charge in [0.05, 0.1) is 12.2 Å². The first kappa shape index (κ1) is 8.34. The van der Waals surface area contributed by atoms with Gasteiger partial charge in [0.15, 0.2) is 0 Å². The Labute approximate surface area is 76.4 Å². The Morgan fingerprint density at radius 3 is 2.85 bits per heavy atom. The van der Waals surface area contributed by atoms with Crippen LogP contribution in [0.4, 0.5) is 0 Å². The maximum atomic E-state index is 10.5. The molecule has 2 N–H and O–H groups in total. The first-order valence-electron chi connectivity index (χ1n) is 4.25. The molecule has 0 aromatic carbocycles. The van der Waals surface area contributed by atoms with Crippen molar-refractivity contribution in [3.8, 4) is 0 Å². The maximum absolute atomic E-state index is 10.5. The van der Waals surface area contributed by atoms with Crippen LogP contribution in [-0.2, 0) is 4.79 Å². The van der Waals surface area contributed by atoms with Gasteiger partial charge in [0.1, 0.15) is 6.29 Å². The van der Waals surface area contributed by atoms with Gasteiger partial charge >= 0.3 is 0 Å². The largest absolute Gasteiger partial charge is 0.302 e. The molecule has 0 aliphatic carbocycles. The van der Waals surface area contributed by atoms with Crippen LogP contribution in [0.3, 0.4) is 0 Å². The van der Waals surface area contributed by atoms with Crippen molar-refractivity contribution in [2.75, 3.05) is 6.54 Å². The molecule has 0 saturated carbocycles. The van der Waals surface area contributed by atoms with Crippen LogP contribution in [0.1, 0.15) is 11.7 Å². The van der Waals surface area contributed by atoms with Crippen molar-refractivity contribution in [1.82, 2.24) is 15.6 Å². The van der Waals surface area contributed by atoms with Crippen molar-refractivity contribution in [2.24, 2.45) is 0 Å². The molecule has 4 heteroatoms. The minimum Gasteiger partial charge on any atom is -0.302 e. The zero-order valence-electron chi connectivity index (χ0n) is 7.10. The predicted molar refractivity (Wildman–Crippen MR) is 48.0 cm³/mol. The number of carbonyl (C=O) groups excluding carboxylic acids is 1. The molecule has 0 radical (unpaired) electrons. The fourth-order valence-electron chi connectivity index (χ4n) is 1.43. The molecule has 1 fully saturated rings. The zero-order valence-corrected chi connectivity index (χ0v) is 7.10. The Balaban J connectivity index is 2.08. The van der Waals surface area contributed by atoms with Gasteiger partial charge in [0.2, 0.25) is 0 Å². The van der Waals surface area contributed by atoms with Crippen LogP contribution in [0.2, 0.25) is 0 Å². The van der Waals surface area contributed by atoms with Gasteiger partial charge in [0, 0.05) is 18.9 Å². The molecule has 1 aromatic rings. The fraction of sp³-hybridized carbons (Fsp3) is 0.333. The van der Waals surface area contributed by atoms with Gasteiger partial charge in [-0.05, 0) is 17.7 Å². The zero-order chi connectivity index (χ0) is 9.10. The molecule has 4 nitrogen and oxygen atoms in total. The van der Waals surface area contributed by atoms with E-state index in [-0.39, 0.29) is 12.2 Å². The highest BCUT2D eigenvalue weighted by atomic mass is 16.1. The van der Waals surface area contributed by atoms with Crippen LogP contribution in [-0.4, -0.2) is 23.9 Å². The van der Waals surface area contributed by atoms with E-state index in [0.29, 0.717) is 6.54 Å². The Kier molecular flexibility index (Phi) is 2.33. The minimum absolute atomic E-state index is 0.0711. The number of nitrogens with zero attached hydrogens (tertiary/aromatic N) is 1. The van der Waals surface area contributed by atoms with Crippen LogP contribution in [0.15, 0.2) is 24.5 Å². The molecule has 2 heterocycles. The molecule has 0 spiro atoms. The average molecular weight is 177 g/mol. The first-order valence-corrected chi connectivity index (χ1v) is 4.25. The van der Waals surface area contributed by atoms with E-state index in [1.165, 1.54) is 0 Å². The van der Waals surface area contributed by atoms with E-state index in [1.807, 2.05) is 12.1 Å². The van der Waals surface area contributed by atoms with E-state index in [0.717, 1.165) is 11.8 Å². The SMILES string of the molecule is O=CC1CNC(c2ccncc2)N1. The van der Waals surface area contributed by atoms with Crippen LogP contribution < -0.4 is 10.6 Å². The fourth-order valence-corrected chi connectivity index (χ4v) is 1.43. The van der Waals surface area contributed by atoms with Crippen molar-refractivity contribution < 1.29 is 4.79 Å². The third-order valence-electron chi connectivity index (χ3n) is 2.13. The van der Waals surface area contributed by atoms with Crippen LogP contribution in [0, 0.1) is 0 Å². The molecule has 1 aliphatic rings. The van der Waals surface area contributed by atoms with Crippen LogP contribution >= 0.6 is 0 Å². The lowest BCUT2D eigenvalue weighted by Crippen LogP contribution is -2.27. The number of rotatable bonds is 2. The second-order valence-corrected chi connectivity index (χ2v) is 3.03. The number of aldehydes is 1. The van der Waals surface area contributed by atoms with Crippen molar-refractivity contribution in [1.29, 1.82) is 0 Å². The summed E-state index contributed by atoms with van der Waals surface area (Å²) in [4.78, 5) is 14.4. The Morgan fingerprint density at radius 1 is 1.46 bits per heavy atom. The number of pyridine rings is 1. The second-order valence-electron chi connectivity index (χ2n) is 3.03. The minimum atomic E-state index is -0.0711. The van der Waals surface area contributed by atoms with Gasteiger partial charge in [-0.3, -0.25) is 15.6 Å². The quantitative estimate of drug-likeness (QED) is 0.616. The summed E-state index contributed by atoms with van der Waals surface area (Å²) in [7, 11) is 0. The normalized spacial score (nSPS) is 27.4. The number of nitrogens with one attached hydrogen (secondary N) is 2. The molecule has 2 unspecified atom stereocenters. The van der Waals surface area contributed by atoms with E-state index in [4.69, 9.17) is 0 Å². The molecule has 2 atom stereocenters. The van der Waals surface area contributed by atoms with Crippen LogP contribution in [0.5, 0.6) is 0 Å². The summed E-state index contributed by atoms with van der Waals surface area (Å²) >= 11 is 0. The molecule has 0 amide bonds. The summed E-state index contributed by atoms with van der Waals surface area (Å²) in [5, 5.41) is 6.35. The molecule has 2 rings (SSSR count). The second kappa shape index (κ2) is 3.64. The number of hydrogen-bond acceptors (Lipinski definition) is 4. The standard InChI is InChI=1S/C9H11N3O/c13-6-8-5-11-9(12-8)7-1-3-10-4-2-7/h1-4,6,8-9,11-12H,5H2. The maximum Gasteiger partial charge on any atom is 0.138 e. The lowest BCUT2D eigenvalue weighted by molar-refractivity contribution is -0.109. The molecule has 1 saturated heterocycles. The third kappa shape index (κ3) is 1.74. The van der Waals surface area contributed by atoms with E-state index < -0.39 is 0 Å². The molecule has 0 bridgehead atoms. The smallest absolute Gasteiger partial charge is 0.138 e. The van der Waals surface area contributed by atoms with Gasteiger partial charge in [0.25, 0.3) is 0 Å². The van der Waals surface area contributed by atoms with Crippen LogP contribution in [0.25, 0.3) is 0 Å². The number of aromatic nitrogens is 1. The summed E-state index contributed by atoms with van der Waals surface area (Å²) in [6, 6.07) is 3.79. The van der Waals surface area contributed by atoms with Gasteiger partial charge in [-0.2, -0.15) is 0 Å². The predicted octanol–water partition coefficient (Wildman–Crippen LogP) is -0.160. The van der Waals surface area contributed by atoms with E-state index in [9.17, 15) is 4.79 Å². The number of carbonyl (C=O) groups is 1. The van der Waals surface area contributed by atoms with Crippen molar-refractivity contribution >= 4 is 6.29 Å². The average Bonchev–Trinajstić information content (AvgIpc) is 2.67. The molecule has 13 heavy (non-hydrogen) atoms. The Morgan fingerprint density at radius 2 is 2.23 bits per heavy atom. The summed E-state index contributed by atoms with van der Waals surface area (Å²) in [6.45, 7) is 0.691. The summed E-state index contributed by atoms with van der Waals surface area (Å²) < 4.78 is 0.